The second kappa shape index (κ2) is 3.35. The molecule has 2 atom stereocenters. The quantitative estimate of drug-likeness (QED) is 0.858. The van der Waals surface area contributed by atoms with E-state index in [-0.39, 0.29) is 0 Å². The van der Waals surface area contributed by atoms with E-state index >= 15 is 0 Å². The van der Waals surface area contributed by atoms with Gasteiger partial charge in [0.25, 0.3) is 0 Å². The van der Waals surface area contributed by atoms with E-state index in [4.69, 9.17) is 0 Å². The molecule has 1 aromatic carbocycles. The summed E-state index contributed by atoms with van der Waals surface area (Å²) in [6.07, 6.45) is 1.98. The summed E-state index contributed by atoms with van der Waals surface area (Å²) < 4.78 is 1.11. The third kappa shape index (κ3) is 1.51. The third-order valence-corrected chi connectivity index (χ3v) is 4.11. The Balaban J connectivity index is 2.31. The fourth-order valence-electron chi connectivity index (χ4n) is 2.07. The van der Waals surface area contributed by atoms with Crippen LogP contribution in [0.5, 0.6) is 0 Å². The highest BCUT2D eigenvalue weighted by Crippen LogP contribution is 2.53. The van der Waals surface area contributed by atoms with Crippen LogP contribution in [0.25, 0.3) is 0 Å². The van der Waals surface area contributed by atoms with Crippen LogP contribution >= 0.6 is 15.9 Å². The van der Waals surface area contributed by atoms with Crippen LogP contribution < -0.4 is 0 Å². The zero-order valence-corrected chi connectivity index (χ0v) is 10.1. The van der Waals surface area contributed by atoms with E-state index in [1.807, 2.05) is 12.1 Å². The summed E-state index contributed by atoms with van der Waals surface area (Å²) in [7, 11) is 0. The van der Waals surface area contributed by atoms with E-state index in [9.17, 15) is 5.11 Å². The molecule has 1 nitrogen and oxygen atoms in total. The number of halogens is 1. The highest BCUT2D eigenvalue weighted by Gasteiger charge is 2.52. The minimum Gasteiger partial charge on any atom is -0.385 e. The van der Waals surface area contributed by atoms with Gasteiger partial charge < -0.3 is 5.11 Å². The Bertz CT molecular complexity index is 361. The molecule has 1 N–H and O–H groups in total. The zero-order chi connectivity index (χ0) is 10.3. The first-order valence-corrected chi connectivity index (χ1v) is 5.86. The van der Waals surface area contributed by atoms with Crippen LogP contribution in [0.15, 0.2) is 22.7 Å². The first-order chi connectivity index (χ1) is 6.58. The molecule has 1 aliphatic carbocycles. The second-order valence-corrected chi connectivity index (χ2v) is 5.05. The van der Waals surface area contributed by atoms with Crippen molar-refractivity contribution in [2.24, 2.45) is 5.92 Å². The number of hydrogen-bond acceptors (Lipinski definition) is 1. The van der Waals surface area contributed by atoms with E-state index in [1.54, 1.807) is 0 Å². The molecule has 1 aromatic rings. The van der Waals surface area contributed by atoms with Crippen LogP contribution in [0.4, 0.5) is 0 Å². The Morgan fingerprint density at radius 2 is 2.29 bits per heavy atom. The van der Waals surface area contributed by atoms with Crippen molar-refractivity contribution in [1.29, 1.82) is 0 Å². The standard InChI is InChI=1S/C12H15BrO/c1-3-9-7-12(9,14)10-4-5-11(13)8(2)6-10/h4-6,9,14H,3,7H2,1-2H3. The molecule has 1 fully saturated rings. The molecule has 1 aliphatic rings. The molecule has 0 aromatic heterocycles. The molecule has 0 spiro atoms. The van der Waals surface area contributed by atoms with E-state index in [0.717, 1.165) is 22.9 Å². The molecular weight excluding hydrogens is 240 g/mol. The Hall–Kier alpha value is -0.340. The lowest BCUT2D eigenvalue weighted by Gasteiger charge is -2.11. The molecule has 0 aliphatic heterocycles. The van der Waals surface area contributed by atoms with Crippen molar-refractivity contribution in [2.75, 3.05) is 0 Å². The fourth-order valence-corrected chi connectivity index (χ4v) is 2.31. The van der Waals surface area contributed by atoms with Crippen molar-refractivity contribution in [2.45, 2.75) is 32.3 Å². The van der Waals surface area contributed by atoms with Crippen LogP contribution in [0.3, 0.4) is 0 Å². The molecule has 76 valence electrons. The van der Waals surface area contributed by atoms with Crippen molar-refractivity contribution in [3.8, 4) is 0 Å². The number of rotatable bonds is 2. The highest BCUT2D eigenvalue weighted by molar-refractivity contribution is 9.10. The van der Waals surface area contributed by atoms with Gasteiger partial charge in [0.15, 0.2) is 0 Å². The van der Waals surface area contributed by atoms with Gasteiger partial charge in [-0.05, 0) is 36.5 Å². The predicted octanol–water partition coefficient (Wildman–Crippen LogP) is 3.38. The summed E-state index contributed by atoms with van der Waals surface area (Å²) in [5, 5.41) is 10.3. The Labute approximate surface area is 93.3 Å². The van der Waals surface area contributed by atoms with Crippen LogP contribution in [0.2, 0.25) is 0 Å². The maximum absolute atomic E-state index is 10.3. The molecule has 0 saturated heterocycles. The number of aryl methyl sites for hydroxylation is 1. The minimum absolute atomic E-state index is 0.461. The van der Waals surface area contributed by atoms with Crippen LogP contribution in [-0.4, -0.2) is 5.11 Å². The van der Waals surface area contributed by atoms with Crippen molar-refractivity contribution >= 4 is 15.9 Å². The molecule has 0 heterocycles. The highest BCUT2D eigenvalue weighted by atomic mass is 79.9. The summed E-state index contributed by atoms with van der Waals surface area (Å²) in [6.45, 7) is 4.19. The van der Waals surface area contributed by atoms with Crippen LogP contribution in [0, 0.1) is 12.8 Å². The zero-order valence-electron chi connectivity index (χ0n) is 8.55. The molecule has 0 bridgehead atoms. The lowest BCUT2D eigenvalue weighted by molar-refractivity contribution is 0.130. The van der Waals surface area contributed by atoms with Crippen LogP contribution in [-0.2, 0) is 5.60 Å². The molecule has 2 rings (SSSR count). The lowest BCUT2D eigenvalue weighted by atomic mass is 10.0. The van der Waals surface area contributed by atoms with Crippen molar-refractivity contribution in [3.05, 3.63) is 33.8 Å². The molecular formula is C12H15BrO. The van der Waals surface area contributed by atoms with E-state index < -0.39 is 5.60 Å². The molecule has 1 saturated carbocycles. The summed E-state index contributed by atoms with van der Waals surface area (Å²) in [6, 6.07) is 6.13. The maximum Gasteiger partial charge on any atom is 0.0929 e. The Kier molecular flexibility index (Phi) is 2.44. The largest absolute Gasteiger partial charge is 0.385 e. The average molecular weight is 255 g/mol. The topological polar surface area (TPSA) is 20.2 Å². The van der Waals surface area contributed by atoms with Gasteiger partial charge in [0.05, 0.1) is 5.60 Å². The Morgan fingerprint density at radius 1 is 1.57 bits per heavy atom. The van der Waals surface area contributed by atoms with Gasteiger partial charge >= 0.3 is 0 Å². The minimum atomic E-state index is -0.528. The summed E-state index contributed by atoms with van der Waals surface area (Å²) >= 11 is 3.47. The van der Waals surface area contributed by atoms with E-state index in [1.165, 1.54) is 5.56 Å². The maximum atomic E-state index is 10.3. The number of aliphatic hydroxyl groups is 1. The van der Waals surface area contributed by atoms with Gasteiger partial charge in [0.2, 0.25) is 0 Å². The monoisotopic (exact) mass is 254 g/mol. The first kappa shape index (κ1) is 10.2. The summed E-state index contributed by atoms with van der Waals surface area (Å²) in [5.41, 5.74) is 1.74. The van der Waals surface area contributed by atoms with Gasteiger partial charge in [-0.25, -0.2) is 0 Å². The molecule has 14 heavy (non-hydrogen) atoms. The van der Waals surface area contributed by atoms with Gasteiger partial charge in [-0.1, -0.05) is 41.4 Å². The fraction of sp³-hybridized carbons (Fsp3) is 0.500. The van der Waals surface area contributed by atoms with Gasteiger partial charge in [-0.3, -0.25) is 0 Å². The van der Waals surface area contributed by atoms with E-state index in [2.05, 4.69) is 35.8 Å². The van der Waals surface area contributed by atoms with Gasteiger partial charge in [-0.15, -0.1) is 0 Å². The van der Waals surface area contributed by atoms with Crippen molar-refractivity contribution < 1.29 is 5.11 Å². The van der Waals surface area contributed by atoms with Crippen molar-refractivity contribution in [3.63, 3.8) is 0 Å². The molecule has 2 heteroatoms. The number of benzene rings is 1. The summed E-state index contributed by atoms with van der Waals surface area (Å²) in [5.74, 6) is 0.461. The van der Waals surface area contributed by atoms with E-state index in [0.29, 0.717) is 5.92 Å². The molecule has 0 radical (unpaired) electrons. The smallest absolute Gasteiger partial charge is 0.0929 e. The number of hydrogen-bond donors (Lipinski definition) is 1. The van der Waals surface area contributed by atoms with Gasteiger partial charge in [0.1, 0.15) is 0 Å². The van der Waals surface area contributed by atoms with Crippen LogP contribution in [0.1, 0.15) is 30.9 Å². The SMILES string of the molecule is CCC1CC1(O)c1ccc(Br)c(C)c1. The van der Waals surface area contributed by atoms with Crippen molar-refractivity contribution in [1.82, 2.24) is 0 Å². The van der Waals surface area contributed by atoms with Gasteiger partial charge in [0, 0.05) is 4.47 Å². The van der Waals surface area contributed by atoms with Gasteiger partial charge in [-0.2, -0.15) is 0 Å². The third-order valence-electron chi connectivity index (χ3n) is 3.22. The normalized spacial score (nSPS) is 30.4. The first-order valence-electron chi connectivity index (χ1n) is 5.07. The Morgan fingerprint density at radius 3 is 2.79 bits per heavy atom. The molecule has 0 amide bonds. The lowest BCUT2D eigenvalue weighted by Crippen LogP contribution is -2.08. The second-order valence-electron chi connectivity index (χ2n) is 4.20. The predicted molar refractivity (Wildman–Crippen MR) is 61.2 cm³/mol. The molecule has 2 unspecified atom stereocenters. The summed E-state index contributed by atoms with van der Waals surface area (Å²) in [4.78, 5) is 0. The average Bonchev–Trinajstić information content (AvgIpc) is 2.83.